The van der Waals surface area contributed by atoms with E-state index in [0.29, 0.717) is 17.4 Å². The van der Waals surface area contributed by atoms with Crippen LogP contribution >= 0.6 is 7.82 Å². The largest absolute Gasteiger partial charge is 0.756 e. The van der Waals surface area contributed by atoms with Crippen molar-refractivity contribution in [2.75, 3.05) is 40.9 Å². The highest BCUT2D eigenvalue weighted by molar-refractivity contribution is 7.45. The lowest BCUT2D eigenvalue weighted by Gasteiger charge is -2.30. The lowest BCUT2D eigenvalue weighted by atomic mass is 10.0. The fourth-order valence-electron chi connectivity index (χ4n) is 8.17. The molecule has 0 fully saturated rings. The highest BCUT2D eigenvalue weighted by atomic mass is 31.2. The maximum Gasteiger partial charge on any atom is 0.306 e. The number of phosphoric acid groups is 1. The number of rotatable bonds is 50. The number of allylic oxidation sites excluding steroid dienone is 1. The predicted octanol–water partition coefficient (Wildman–Crippen LogP) is 15.4. The molecule has 1 N–H and O–H groups in total. The number of hydrogen-bond donors (Lipinski definition) is 1. The molecule has 0 spiro atoms. The minimum Gasteiger partial charge on any atom is -0.756 e. The topological polar surface area (TPSA) is 114 Å². The number of ether oxygens (including phenoxy) is 1. The van der Waals surface area contributed by atoms with E-state index >= 15 is 0 Å². The Morgan fingerprint density at radius 3 is 1.28 bits per heavy atom. The number of nitrogens with one attached hydrogen (secondary N) is 1. The molecule has 0 rings (SSSR count). The van der Waals surface area contributed by atoms with Crippen LogP contribution in [0.2, 0.25) is 0 Å². The molecule has 0 aromatic carbocycles. The van der Waals surface area contributed by atoms with Gasteiger partial charge in [-0.25, -0.2) is 0 Å². The first-order chi connectivity index (χ1) is 30.9. The average molecular weight is 927 g/mol. The van der Waals surface area contributed by atoms with Gasteiger partial charge in [-0.1, -0.05) is 239 Å². The summed E-state index contributed by atoms with van der Waals surface area (Å²) >= 11 is 0. The van der Waals surface area contributed by atoms with Gasteiger partial charge in [0, 0.05) is 12.8 Å². The SMILES string of the molecule is CCCCCCCCCCC/C=C/C(OC(=O)CCCCCCCCCCCCCCC)C(COP(=O)([O-])OCC[N+](C)(C)C)NC(=O)CCCCCCCCCCCCCCCC. The van der Waals surface area contributed by atoms with Crippen molar-refractivity contribution in [3.05, 3.63) is 12.2 Å². The molecule has 3 unspecified atom stereocenters. The zero-order chi connectivity index (χ0) is 47.3. The van der Waals surface area contributed by atoms with Crippen LogP contribution in [0.25, 0.3) is 0 Å². The van der Waals surface area contributed by atoms with Gasteiger partial charge in [0.15, 0.2) is 0 Å². The highest BCUT2D eigenvalue weighted by Crippen LogP contribution is 2.38. The van der Waals surface area contributed by atoms with Crippen LogP contribution in [-0.4, -0.2) is 69.4 Å². The van der Waals surface area contributed by atoms with Crippen LogP contribution in [0.15, 0.2) is 12.2 Å². The lowest BCUT2D eigenvalue weighted by Crippen LogP contribution is -2.47. The smallest absolute Gasteiger partial charge is 0.306 e. The third-order valence-corrected chi connectivity index (χ3v) is 13.4. The van der Waals surface area contributed by atoms with E-state index in [-0.39, 0.29) is 31.5 Å². The molecule has 0 heterocycles. The standard InChI is InChI=1S/C54H107N2O7P/c1-7-10-13-16-19-22-25-27-29-31-34-37-40-43-46-53(57)55-51(50-62-64(59,60)61-49-48-56(4,5)6)52(45-42-39-36-33-30-24-21-18-15-12-9-3)63-54(58)47-44-41-38-35-32-28-26-23-20-17-14-11-8-2/h42,45,51-52H,7-41,43-44,46-50H2,1-6H3,(H-,55,57,59,60)/b45-42+. The van der Waals surface area contributed by atoms with Crippen molar-refractivity contribution in [3.63, 3.8) is 0 Å². The monoisotopic (exact) mass is 927 g/mol. The summed E-state index contributed by atoms with van der Waals surface area (Å²) in [5.74, 6) is -0.527. The summed E-state index contributed by atoms with van der Waals surface area (Å²) in [7, 11) is 1.20. The van der Waals surface area contributed by atoms with Gasteiger partial charge in [0.2, 0.25) is 5.91 Å². The van der Waals surface area contributed by atoms with Crippen LogP contribution in [0.5, 0.6) is 0 Å². The number of carbonyl (C=O) groups excluding carboxylic acids is 2. The Morgan fingerprint density at radius 2 is 0.891 bits per heavy atom. The van der Waals surface area contributed by atoms with Gasteiger partial charge in [0.05, 0.1) is 33.8 Å². The first-order valence-corrected chi connectivity index (χ1v) is 29.0. The van der Waals surface area contributed by atoms with Gasteiger partial charge < -0.3 is 28.5 Å². The van der Waals surface area contributed by atoms with E-state index in [4.69, 9.17) is 13.8 Å². The van der Waals surface area contributed by atoms with Gasteiger partial charge in [-0.3, -0.25) is 14.2 Å². The number of hydrogen-bond acceptors (Lipinski definition) is 7. The Morgan fingerprint density at radius 1 is 0.531 bits per heavy atom. The summed E-state index contributed by atoms with van der Waals surface area (Å²) in [5.41, 5.74) is 0. The van der Waals surface area contributed by atoms with Crippen molar-refractivity contribution in [2.24, 2.45) is 0 Å². The van der Waals surface area contributed by atoms with Gasteiger partial charge in [0.25, 0.3) is 7.82 Å². The number of phosphoric ester groups is 1. The fraction of sp³-hybridized carbons (Fsp3) is 0.926. The number of carbonyl (C=O) groups is 2. The molecular weight excluding hydrogens is 820 g/mol. The highest BCUT2D eigenvalue weighted by Gasteiger charge is 2.27. The molecule has 10 heteroatoms. The summed E-state index contributed by atoms with van der Waals surface area (Å²) in [4.78, 5) is 39.7. The van der Waals surface area contributed by atoms with Gasteiger partial charge >= 0.3 is 5.97 Å². The van der Waals surface area contributed by atoms with Crippen LogP contribution in [0.1, 0.15) is 271 Å². The van der Waals surface area contributed by atoms with Crippen molar-refractivity contribution in [1.82, 2.24) is 5.32 Å². The van der Waals surface area contributed by atoms with E-state index in [1.54, 1.807) is 0 Å². The van der Waals surface area contributed by atoms with Crippen LogP contribution in [0.3, 0.4) is 0 Å². The summed E-state index contributed by atoms with van der Waals surface area (Å²) in [6.45, 7) is 6.85. The zero-order valence-corrected chi connectivity index (χ0v) is 44.2. The van der Waals surface area contributed by atoms with E-state index in [2.05, 4.69) is 26.1 Å². The number of unbranched alkanes of at least 4 members (excludes halogenated alkanes) is 34. The molecule has 0 aromatic rings. The van der Waals surface area contributed by atoms with Crippen molar-refractivity contribution in [1.29, 1.82) is 0 Å². The van der Waals surface area contributed by atoms with E-state index in [1.807, 2.05) is 33.3 Å². The molecule has 0 aliphatic rings. The van der Waals surface area contributed by atoms with Gasteiger partial charge in [-0.2, -0.15) is 0 Å². The predicted molar refractivity (Wildman–Crippen MR) is 270 cm³/mol. The second kappa shape index (κ2) is 45.5. The number of esters is 1. The Bertz CT molecular complexity index is 1110. The summed E-state index contributed by atoms with van der Waals surface area (Å²) < 4.78 is 30.2. The van der Waals surface area contributed by atoms with Crippen LogP contribution in [-0.2, 0) is 27.9 Å². The maximum atomic E-state index is 13.4. The molecule has 0 aliphatic carbocycles. The van der Waals surface area contributed by atoms with Crippen molar-refractivity contribution in [2.45, 2.75) is 283 Å². The lowest BCUT2D eigenvalue weighted by molar-refractivity contribution is -0.870. The normalized spacial score (nSPS) is 13.9. The van der Waals surface area contributed by atoms with Gasteiger partial charge in [0.1, 0.15) is 19.3 Å². The Hall–Kier alpha value is -1.25. The molecule has 380 valence electrons. The Labute approximate surface area is 397 Å². The van der Waals surface area contributed by atoms with Crippen LogP contribution < -0.4 is 10.2 Å². The van der Waals surface area contributed by atoms with E-state index < -0.39 is 20.0 Å². The Kier molecular flexibility index (Phi) is 44.6. The summed E-state index contributed by atoms with van der Waals surface area (Å²) in [5, 5.41) is 3.02. The van der Waals surface area contributed by atoms with Crippen molar-refractivity contribution < 1.29 is 37.3 Å². The van der Waals surface area contributed by atoms with Gasteiger partial charge in [-0.15, -0.1) is 0 Å². The van der Waals surface area contributed by atoms with E-state index in [9.17, 15) is 19.0 Å². The second-order valence-corrected chi connectivity index (χ2v) is 21.5. The second-order valence-electron chi connectivity index (χ2n) is 20.1. The quantitative estimate of drug-likeness (QED) is 0.0212. The minimum atomic E-state index is -4.68. The summed E-state index contributed by atoms with van der Waals surface area (Å²) in [6.07, 6.45) is 48.8. The average Bonchev–Trinajstić information content (AvgIpc) is 3.25. The molecule has 0 saturated carbocycles. The molecule has 0 aromatic heterocycles. The first-order valence-electron chi connectivity index (χ1n) is 27.5. The maximum absolute atomic E-state index is 13.4. The molecule has 64 heavy (non-hydrogen) atoms. The van der Waals surface area contributed by atoms with Crippen molar-refractivity contribution >= 4 is 19.7 Å². The minimum absolute atomic E-state index is 0.0173. The van der Waals surface area contributed by atoms with Crippen LogP contribution in [0.4, 0.5) is 0 Å². The summed E-state index contributed by atoms with van der Waals surface area (Å²) in [6, 6.07) is -0.876. The molecule has 3 atom stereocenters. The van der Waals surface area contributed by atoms with E-state index in [0.717, 1.165) is 57.8 Å². The number of quaternary nitrogens is 1. The molecular formula is C54H107N2O7P. The first kappa shape index (κ1) is 62.8. The number of likely N-dealkylation sites (N-methyl/N-ethyl adjacent to an activating group) is 1. The van der Waals surface area contributed by atoms with Crippen molar-refractivity contribution in [3.8, 4) is 0 Å². The molecule has 0 saturated heterocycles. The third kappa shape index (κ3) is 45.9. The molecule has 1 amide bonds. The fourth-order valence-corrected chi connectivity index (χ4v) is 8.89. The number of amides is 1. The number of nitrogens with zero attached hydrogens (tertiary/aromatic N) is 1. The zero-order valence-electron chi connectivity index (χ0n) is 43.3. The Balaban J connectivity index is 5.34. The van der Waals surface area contributed by atoms with E-state index in [1.165, 1.54) is 180 Å². The van der Waals surface area contributed by atoms with Crippen LogP contribution in [0, 0.1) is 0 Å². The third-order valence-electron chi connectivity index (χ3n) is 12.5. The molecule has 0 radical (unpaired) electrons. The van der Waals surface area contributed by atoms with Gasteiger partial charge in [-0.05, 0) is 31.8 Å². The molecule has 0 bridgehead atoms. The molecule has 0 aliphatic heterocycles. The molecule has 9 nitrogen and oxygen atoms in total.